The summed E-state index contributed by atoms with van der Waals surface area (Å²) in [6.45, 7) is 6.40. The summed E-state index contributed by atoms with van der Waals surface area (Å²) >= 11 is 0. The zero-order chi connectivity index (χ0) is 47.2. The van der Waals surface area contributed by atoms with Gasteiger partial charge in [0.1, 0.15) is 13.2 Å². The van der Waals surface area contributed by atoms with E-state index in [-0.39, 0.29) is 37.5 Å². The van der Waals surface area contributed by atoms with Crippen LogP contribution in [0.15, 0.2) is 97.2 Å². The van der Waals surface area contributed by atoms with Gasteiger partial charge in [-0.25, -0.2) is 0 Å². The van der Waals surface area contributed by atoms with Crippen LogP contribution in [0, 0.1) is 0 Å². The molecule has 0 bridgehead atoms. The number of unbranched alkanes of at least 4 members (excludes halogenated alkanes) is 20. The third-order valence-corrected chi connectivity index (χ3v) is 11.1. The average Bonchev–Trinajstić information content (AvgIpc) is 3.30. The molecule has 0 fully saturated rings. The molecule has 370 valence electrons. The first-order chi connectivity index (χ1) is 32.0. The lowest BCUT2D eigenvalue weighted by molar-refractivity contribution is -0.166. The summed E-state index contributed by atoms with van der Waals surface area (Å²) in [5.41, 5.74) is 0. The van der Waals surface area contributed by atoms with Crippen molar-refractivity contribution < 1.29 is 28.6 Å². The third-order valence-electron chi connectivity index (χ3n) is 11.1. The highest BCUT2D eigenvalue weighted by molar-refractivity contribution is 5.71. The standard InChI is InChI=1S/C59H98O6/c1-4-7-10-13-16-19-22-24-26-28-29-31-33-35-38-40-43-46-49-52-58(61)64-55-56(65-59(62)53-50-47-44-41-36-21-18-15-12-9-6-3)54-63-57(60)51-48-45-42-39-37-34-32-30-27-25-23-20-17-14-11-8-5-2/h7,10,15-16,18-19,24-27,29,31,35,38,43,46,56H,4-6,8-9,11-14,17,20-23,28,30,32-34,36-37,39-42,44-45,47-55H2,1-3H3/b10-7-,18-15-,19-16-,26-24-,27-25-,31-29-,38-35-,46-43-/t56-/m0/s1. The fourth-order valence-corrected chi connectivity index (χ4v) is 7.03. The molecule has 0 radical (unpaired) electrons. The van der Waals surface area contributed by atoms with Gasteiger partial charge in [0.2, 0.25) is 0 Å². The summed E-state index contributed by atoms with van der Waals surface area (Å²) in [6.07, 6.45) is 69.8. The van der Waals surface area contributed by atoms with E-state index in [0.29, 0.717) is 19.3 Å². The Kier molecular flexibility index (Phi) is 50.0. The van der Waals surface area contributed by atoms with Crippen LogP contribution in [0.2, 0.25) is 0 Å². The van der Waals surface area contributed by atoms with Crippen molar-refractivity contribution in [3.8, 4) is 0 Å². The normalized spacial score (nSPS) is 12.8. The van der Waals surface area contributed by atoms with Gasteiger partial charge in [-0.1, -0.05) is 214 Å². The summed E-state index contributed by atoms with van der Waals surface area (Å²) < 4.78 is 16.7. The van der Waals surface area contributed by atoms with Crippen molar-refractivity contribution in [3.05, 3.63) is 97.2 Å². The SMILES string of the molecule is CC/C=C\C/C=C\C/C=C\C/C=C\C/C=C\C/C=C\CCC(=O)OC[C@H](COC(=O)CCCCCCCCC/C=C\CCCCCCCC)OC(=O)CCCCCCC/C=C\CCCC. The van der Waals surface area contributed by atoms with Gasteiger partial charge in [0.05, 0.1) is 0 Å². The zero-order valence-corrected chi connectivity index (χ0v) is 42.2. The minimum Gasteiger partial charge on any atom is -0.462 e. The Morgan fingerprint density at radius 3 is 1.08 bits per heavy atom. The van der Waals surface area contributed by atoms with Gasteiger partial charge >= 0.3 is 17.9 Å². The molecule has 0 aliphatic carbocycles. The van der Waals surface area contributed by atoms with Crippen LogP contribution in [0.3, 0.4) is 0 Å². The highest BCUT2D eigenvalue weighted by Crippen LogP contribution is 2.14. The number of allylic oxidation sites excluding steroid dienone is 16. The Labute approximate surface area is 400 Å². The third kappa shape index (κ3) is 51.2. The number of ether oxygens (including phenoxy) is 3. The van der Waals surface area contributed by atoms with Gasteiger partial charge in [-0.3, -0.25) is 14.4 Å². The van der Waals surface area contributed by atoms with E-state index in [9.17, 15) is 14.4 Å². The highest BCUT2D eigenvalue weighted by Gasteiger charge is 2.19. The molecular formula is C59H98O6. The number of carbonyl (C=O) groups excluding carboxylic acids is 3. The van der Waals surface area contributed by atoms with Gasteiger partial charge in [-0.05, 0) is 103 Å². The van der Waals surface area contributed by atoms with Crippen LogP contribution in [0.25, 0.3) is 0 Å². The second kappa shape index (κ2) is 52.9. The summed E-state index contributed by atoms with van der Waals surface area (Å²) in [5, 5.41) is 0. The predicted octanol–water partition coefficient (Wildman–Crippen LogP) is 17.8. The first-order valence-corrected chi connectivity index (χ1v) is 26.7. The number of hydrogen-bond acceptors (Lipinski definition) is 6. The molecule has 0 aromatic carbocycles. The molecule has 0 saturated heterocycles. The van der Waals surface area contributed by atoms with Crippen LogP contribution in [0.5, 0.6) is 0 Å². The maximum absolute atomic E-state index is 12.8. The van der Waals surface area contributed by atoms with E-state index in [0.717, 1.165) is 89.9 Å². The van der Waals surface area contributed by atoms with Crippen LogP contribution in [-0.4, -0.2) is 37.2 Å². The minimum atomic E-state index is -0.814. The van der Waals surface area contributed by atoms with Crippen molar-refractivity contribution in [1.82, 2.24) is 0 Å². The van der Waals surface area contributed by atoms with Crippen LogP contribution >= 0.6 is 0 Å². The van der Waals surface area contributed by atoms with Crippen molar-refractivity contribution in [2.75, 3.05) is 13.2 Å². The maximum atomic E-state index is 12.8. The van der Waals surface area contributed by atoms with Crippen molar-refractivity contribution in [1.29, 1.82) is 0 Å². The van der Waals surface area contributed by atoms with Crippen molar-refractivity contribution >= 4 is 17.9 Å². The average molecular weight is 903 g/mol. The van der Waals surface area contributed by atoms with Crippen LogP contribution in [0.4, 0.5) is 0 Å². The van der Waals surface area contributed by atoms with E-state index in [1.165, 1.54) is 103 Å². The first kappa shape index (κ1) is 61.3. The molecule has 0 N–H and O–H groups in total. The van der Waals surface area contributed by atoms with Crippen molar-refractivity contribution in [2.24, 2.45) is 0 Å². The summed E-state index contributed by atoms with van der Waals surface area (Å²) in [5.74, 6) is -1.01. The number of hydrogen-bond donors (Lipinski definition) is 0. The Morgan fingerprint density at radius 1 is 0.323 bits per heavy atom. The van der Waals surface area contributed by atoms with Crippen LogP contribution in [-0.2, 0) is 28.6 Å². The lowest BCUT2D eigenvalue weighted by atomic mass is 10.1. The molecular weight excluding hydrogens is 805 g/mol. The summed E-state index contributed by atoms with van der Waals surface area (Å²) in [4.78, 5) is 38.0. The maximum Gasteiger partial charge on any atom is 0.306 e. The number of carbonyl (C=O) groups is 3. The molecule has 0 unspecified atom stereocenters. The molecule has 0 spiro atoms. The lowest BCUT2D eigenvalue weighted by Crippen LogP contribution is -2.30. The molecule has 0 aromatic heterocycles. The van der Waals surface area contributed by atoms with Gasteiger partial charge in [0.15, 0.2) is 6.10 Å². The van der Waals surface area contributed by atoms with E-state index in [2.05, 4.69) is 112 Å². The van der Waals surface area contributed by atoms with Gasteiger partial charge in [-0.2, -0.15) is 0 Å². The molecule has 1 atom stereocenters. The minimum absolute atomic E-state index is 0.107. The first-order valence-electron chi connectivity index (χ1n) is 26.7. The quantitative estimate of drug-likeness (QED) is 0.0262. The Bertz CT molecular complexity index is 1310. The molecule has 0 saturated carbocycles. The van der Waals surface area contributed by atoms with Crippen molar-refractivity contribution in [3.63, 3.8) is 0 Å². The summed E-state index contributed by atoms with van der Waals surface area (Å²) in [6, 6.07) is 0. The fraction of sp³-hybridized carbons (Fsp3) is 0.678. The highest BCUT2D eigenvalue weighted by atomic mass is 16.6. The van der Waals surface area contributed by atoms with E-state index in [1.807, 2.05) is 6.08 Å². The summed E-state index contributed by atoms with van der Waals surface area (Å²) in [7, 11) is 0. The second-order valence-electron chi connectivity index (χ2n) is 17.4. The van der Waals surface area contributed by atoms with Crippen molar-refractivity contribution in [2.45, 2.75) is 245 Å². The molecule has 6 heteroatoms. The molecule has 0 amide bonds. The molecule has 6 nitrogen and oxygen atoms in total. The molecule has 0 aliphatic heterocycles. The van der Waals surface area contributed by atoms with E-state index in [1.54, 1.807) is 0 Å². The van der Waals surface area contributed by atoms with Gasteiger partial charge in [-0.15, -0.1) is 0 Å². The smallest absolute Gasteiger partial charge is 0.306 e. The Morgan fingerprint density at radius 2 is 0.646 bits per heavy atom. The second-order valence-corrected chi connectivity index (χ2v) is 17.4. The Balaban J connectivity index is 4.47. The molecule has 0 rings (SSSR count). The predicted molar refractivity (Wildman–Crippen MR) is 279 cm³/mol. The molecule has 0 heterocycles. The lowest BCUT2D eigenvalue weighted by Gasteiger charge is -2.18. The monoisotopic (exact) mass is 903 g/mol. The van der Waals surface area contributed by atoms with Gasteiger partial charge in [0, 0.05) is 19.3 Å². The van der Waals surface area contributed by atoms with Gasteiger partial charge < -0.3 is 14.2 Å². The number of esters is 3. The zero-order valence-electron chi connectivity index (χ0n) is 42.2. The fourth-order valence-electron chi connectivity index (χ4n) is 7.03. The largest absolute Gasteiger partial charge is 0.462 e. The molecule has 0 aliphatic rings. The van der Waals surface area contributed by atoms with E-state index < -0.39 is 6.10 Å². The van der Waals surface area contributed by atoms with Crippen LogP contribution < -0.4 is 0 Å². The van der Waals surface area contributed by atoms with E-state index in [4.69, 9.17) is 14.2 Å². The Hall–Kier alpha value is -3.67. The number of rotatable bonds is 47. The van der Waals surface area contributed by atoms with Gasteiger partial charge in [0.25, 0.3) is 0 Å². The molecule has 65 heavy (non-hydrogen) atoms. The van der Waals surface area contributed by atoms with Crippen LogP contribution in [0.1, 0.15) is 239 Å². The van der Waals surface area contributed by atoms with E-state index >= 15 is 0 Å². The topological polar surface area (TPSA) is 78.9 Å². The molecule has 0 aromatic rings.